The average Bonchev–Trinajstić information content (AvgIpc) is 2.53. The zero-order valence-corrected chi connectivity index (χ0v) is 14.7. The van der Waals surface area contributed by atoms with Gasteiger partial charge in [0.25, 0.3) is 0 Å². The number of urea groups is 1. The molecule has 25 heavy (non-hydrogen) atoms. The Bertz CT molecular complexity index is 727. The van der Waals surface area contributed by atoms with Gasteiger partial charge in [0.2, 0.25) is 10.0 Å². The molecule has 0 unspecified atom stereocenters. The van der Waals surface area contributed by atoms with E-state index in [0.29, 0.717) is 6.07 Å². The summed E-state index contributed by atoms with van der Waals surface area (Å²) in [7, 11) is -4.04. The van der Waals surface area contributed by atoms with Gasteiger partial charge in [0, 0.05) is 32.2 Å². The van der Waals surface area contributed by atoms with Gasteiger partial charge in [-0.15, -0.1) is 0 Å². The highest BCUT2D eigenvalue weighted by Crippen LogP contribution is 2.31. The van der Waals surface area contributed by atoms with Crippen LogP contribution in [0.3, 0.4) is 0 Å². The molecule has 1 fully saturated rings. The number of sulfonamides is 1. The number of piperazine rings is 1. The molecule has 0 aliphatic carbocycles. The first-order chi connectivity index (χ1) is 11.5. The Hall–Kier alpha value is -1.81. The van der Waals surface area contributed by atoms with Crippen LogP contribution in [-0.4, -0.2) is 55.9 Å². The zero-order chi connectivity index (χ0) is 18.8. The Morgan fingerprint density at radius 3 is 2.28 bits per heavy atom. The van der Waals surface area contributed by atoms with Crippen molar-refractivity contribution in [2.75, 3.05) is 26.2 Å². The zero-order valence-electron chi connectivity index (χ0n) is 13.9. The summed E-state index contributed by atoms with van der Waals surface area (Å²) in [5.41, 5.74) is -1.01. The summed E-state index contributed by atoms with van der Waals surface area (Å²) in [6.45, 7) is 4.04. The van der Waals surface area contributed by atoms with E-state index in [1.165, 1.54) is 4.90 Å². The maximum absolute atomic E-state index is 12.8. The molecule has 10 heteroatoms. The summed E-state index contributed by atoms with van der Waals surface area (Å²) >= 11 is 0. The molecule has 1 saturated heterocycles. The van der Waals surface area contributed by atoms with Crippen LogP contribution < -0.4 is 5.32 Å². The van der Waals surface area contributed by atoms with Crippen molar-refractivity contribution in [3.8, 4) is 0 Å². The van der Waals surface area contributed by atoms with Gasteiger partial charge in [0.15, 0.2) is 0 Å². The van der Waals surface area contributed by atoms with Crippen molar-refractivity contribution in [3.05, 3.63) is 29.8 Å². The number of hydrogen-bond donors (Lipinski definition) is 1. The number of hydrogen-bond acceptors (Lipinski definition) is 3. The van der Waals surface area contributed by atoms with Gasteiger partial charge in [0.05, 0.1) is 10.5 Å². The van der Waals surface area contributed by atoms with Gasteiger partial charge >= 0.3 is 12.2 Å². The number of carbonyl (C=O) groups is 1. The molecule has 0 atom stereocenters. The first-order valence-electron chi connectivity index (χ1n) is 7.74. The topological polar surface area (TPSA) is 69.7 Å². The minimum absolute atomic E-state index is 0.0318. The molecule has 0 aromatic heterocycles. The molecule has 1 aromatic carbocycles. The van der Waals surface area contributed by atoms with Crippen molar-refractivity contribution in [1.82, 2.24) is 14.5 Å². The van der Waals surface area contributed by atoms with E-state index >= 15 is 0 Å². The van der Waals surface area contributed by atoms with E-state index in [0.717, 1.165) is 22.5 Å². The number of nitrogens with zero attached hydrogens (tertiary/aromatic N) is 2. The third-order valence-electron chi connectivity index (χ3n) is 3.74. The van der Waals surface area contributed by atoms with Gasteiger partial charge in [-0.1, -0.05) is 6.07 Å². The van der Waals surface area contributed by atoms with Crippen molar-refractivity contribution >= 4 is 16.1 Å². The standard InChI is InChI=1S/C15H20F3N3O3S/c1-11(2)19-14(22)20-6-8-21(9-7-20)25(23,24)13-5-3-4-12(10-13)15(16,17)18/h3-5,10-11H,6-9H2,1-2H3,(H,19,22). The monoisotopic (exact) mass is 379 g/mol. The molecule has 0 spiro atoms. The van der Waals surface area contributed by atoms with Gasteiger partial charge in [-0.2, -0.15) is 17.5 Å². The number of halogens is 3. The van der Waals surface area contributed by atoms with Crippen LogP contribution in [0.1, 0.15) is 19.4 Å². The van der Waals surface area contributed by atoms with Crippen molar-refractivity contribution in [3.63, 3.8) is 0 Å². The number of alkyl halides is 3. The Balaban J connectivity index is 2.11. The third-order valence-corrected chi connectivity index (χ3v) is 5.63. The van der Waals surface area contributed by atoms with Crippen LogP contribution in [0, 0.1) is 0 Å². The van der Waals surface area contributed by atoms with Gasteiger partial charge in [-0.25, -0.2) is 13.2 Å². The predicted molar refractivity (Wildman–Crippen MR) is 85.4 cm³/mol. The lowest BCUT2D eigenvalue weighted by atomic mass is 10.2. The van der Waals surface area contributed by atoms with Gasteiger partial charge in [-0.05, 0) is 32.0 Å². The molecule has 1 aliphatic heterocycles. The van der Waals surface area contributed by atoms with Gasteiger partial charge in [0.1, 0.15) is 0 Å². The van der Waals surface area contributed by atoms with E-state index < -0.39 is 26.7 Å². The largest absolute Gasteiger partial charge is 0.416 e. The maximum atomic E-state index is 12.8. The van der Waals surface area contributed by atoms with Crippen molar-refractivity contribution in [1.29, 1.82) is 0 Å². The molecular weight excluding hydrogens is 359 g/mol. The number of nitrogens with one attached hydrogen (secondary N) is 1. The van der Waals surface area contributed by atoms with Crippen LogP contribution in [0.4, 0.5) is 18.0 Å². The lowest BCUT2D eigenvalue weighted by molar-refractivity contribution is -0.137. The molecule has 1 N–H and O–H groups in total. The molecule has 0 radical (unpaired) electrons. The highest BCUT2D eigenvalue weighted by Gasteiger charge is 2.34. The van der Waals surface area contributed by atoms with Gasteiger partial charge in [-0.3, -0.25) is 0 Å². The van der Waals surface area contributed by atoms with Gasteiger partial charge < -0.3 is 10.2 Å². The number of carbonyl (C=O) groups excluding carboxylic acids is 1. The molecule has 2 amide bonds. The van der Waals surface area contributed by atoms with Crippen molar-refractivity contribution in [2.24, 2.45) is 0 Å². The highest BCUT2D eigenvalue weighted by molar-refractivity contribution is 7.89. The minimum Gasteiger partial charge on any atom is -0.336 e. The number of benzene rings is 1. The molecule has 6 nitrogen and oxygen atoms in total. The summed E-state index contributed by atoms with van der Waals surface area (Å²) in [6, 6.07) is 3.34. The summed E-state index contributed by atoms with van der Waals surface area (Å²) in [5.74, 6) is 0. The van der Waals surface area contributed by atoms with Crippen LogP contribution in [0.2, 0.25) is 0 Å². The number of amides is 2. The lowest BCUT2D eigenvalue weighted by Gasteiger charge is -2.34. The minimum atomic E-state index is -4.61. The molecule has 0 bridgehead atoms. The Kier molecular flexibility index (Phi) is 5.62. The van der Waals surface area contributed by atoms with E-state index in [4.69, 9.17) is 0 Å². The van der Waals surface area contributed by atoms with Crippen LogP contribution in [0.5, 0.6) is 0 Å². The Morgan fingerprint density at radius 1 is 1.16 bits per heavy atom. The highest BCUT2D eigenvalue weighted by atomic mass is 32.2. The SMILES string of the molecule is CC(C)NC(=O)N1CCN(S(=O)(=O)c2cccc(C(F)(F)F)c2)CC1. The average molecular weight is 379 g/mol. The van der Waals surface area contributed by atoms with Crippen LogP contribution in [-0.2, 0) is 16.2 Å². The van der Waals surface area contributed by atoms with Crippen LogP contribution in [0.25, 0.3) is 0 Å². The molecule has 1 aliphatic rings. The molecule has 140 valence electrons. The quantitative estimate of drug-likeness (QED) is 0.875. The van der Waals surface area contributed by atoms with E-state index in [-0.39, 0.29) is 38.3 Å². The predicted octanol–water partition coefficient (Wildman–Crippen LogP) is 2.13. The fraction of sp³-hybridized carbons (Fsp3) is 0.533. The molecule has 1 aromatic rings. The third kappa shape index (κ3) is 4.63. The van der Waals surface area contributed by atoms with Crippen molar-refractivity contribution < 1.29 is 26.4 Å². The first-order valence-corrected chi connectivity index (χ1v) is 9.18. The lowest BCUT2D eigenvalue weighted by Crippen LogP contribution is -2.53. The van der Waals surface area contributed by atoms with Crippen LogP contribution >= 0.6 is 0 Å². The fourth-order valence-electron chi connectivity index (χ4n) is 2.45. The molecule has 2 rings (SSSR count). The summed E-state index contributed by atoms with van der Waals surface area (Å²) in [5, 5.41) is 2.72. The molecule has 1 heterocycles. The van der Waals surface area contributed by atoms with E-state index in [9.17, 15) is 26.4 Å². The van der Waals surface area contributed by atoms with E-state index in [1.807, 2.05) is 13.8 Å². The summed E-state index contributed by atoms with van der Waals surface area (Å²) < 4.78 is 64.6. The second-order valence-electron chi connectivity index (χ2n) is 6.02. The Labute approximate surface area is 144 Å². The Morgan fingerprint density at radius 2 is 1.76 bits per heavy atom. The smallest absolute Gasteiger partial charge is 0.336 e. The maximum Gasteiger partial charge on any atom is 0.416 e. The summed E-state index contributed by atoms with van der Waals surface area (Å²) in [4.78, 5) is 13.0. The normalized spacial score (nSPS) is 17.0. The second-order valence-corrected chi connectivity index (χ2v) is 7.96. The second kappa shape index (κ2) is 7.20. The first kappa shape index (κ1) is 19.5. The van der Waals surface area contributed by atoms with E-state index in [1.54, 1.807) is 0 Å². The molecule has 0 saturated carbocycles. The fourth-order valence-corrected chi connectivity index (χ4v) is 3.92. The van der Waals surface area contributed by atoms with Crippen LogP contribution in [0.15, 0.2) is 29.2 Å². The summed E-state index contributed by atoms with van der Waals surface area (Å²) in [6.07, 6.45) is -4.61. The van der Waals surface area contributed by atoms with E-state index in [2.05, 4.69) is 5.32 Å². The van der Waals surface area contributed by atoms with Crippen molar-refractivity contribution in [2.45, 2.75) is 31.0 Å². The number of rotatable bonds is 3. The molecular formula is C15H20F3N3O3S.